The third-order valence-electron chi connectivity index (χ3n) is 4.38. The highest BCUT2D eigenvalue weighted by Gasteiger charge is 2.20. The van der Waals surface area contributed by atoms with Gasteiger partial charge in [0.1, 0.15) is 0 Å². The van der Waals surface area contributed by atoms with Gasteiger partial charge in [-0.3, -0.25) is 9.69 Å². The minimum atomic E-state index is 0.0452. The van der Waals surface area contributed by atoms with Gasteiger partial charge in [-0.1, -0.05) is 23.5 Å². The van der Waals surface area contributed by atoms with Crippen LogP contribution in [0.3, 0.4) is 0 Å². The van der Waals surface area contributed by atoms with Crippen LogP contribution in [-0.2, 0) is 4.79 Å². The molecule has 124 valence electrons. The van der Waals surface area contributed by atoms with Gasteiger partial charge in [0, 0.05) is 46.2 Å². The van der Waals surface area contributed by atoms with Gasteiger partial charge in [0.25, 0.3) is 0 Å². The molecule has 2 heterocycles. The Balaban J connectivity index is 1.63. The van der Waals surface area contributed by atoms with Crippen molar-refractivity contribution in [3.8, 4) is 0 Å². The first kappa shape index (κ1) is 16.2. The normalized spacial score (nSPS) is 16.0. The third-order valence-corrected chi connectivity index (χ3v) is 5.63. The third kappa shape index (κ3) is 3.64. The minimum Gasteiger partial charge on any atom is -0.355 e. The molecule has 1 aromatic heterocycles. The molecule has 0 saturated carbocycles. The van der Waals surface area contributed by atoms with Crippen molar-refractivity contribution < 1.29 is 4.79 Å². The van der Waals surface area contributed by atoms with Gasteiger partial charge in [-0.25, -0.2) is 4.98 Å². The van der Waals surface area contributed by atoms with E-state index in [2.05, 4.69) is 41.1 Å². The number of thiazole rings is 1. The van der Waals surface area contributed by atoms with Crippen LogP contribution in [-0.4, -0.2) is 55.1 Å². The van der Waals surface area contributed by atoms with Crippen LogP contribution in [0.25, 0.3) is 10.2 Å². The number of fused-ring (bicyclic) bond motifs is 1. The summed E-state index contributed by atoms with van der Waals surface area (Å²) >= 11 is 1.81. The van der Waals surface area contributed by atoms with E-state index in [-0.39, 0.29) is 5.91 Å². The molecular weight excluding hydrogens is 308 g/mol. The highest BCUT2D eigenvalue weighted by Crippen LogP contribution is 2.33. The van der Waals surface area contributed by atoms with Gasteiger partial charge >= 0.3 is 0 Å². The van der Waals surface area contributed by atoms with E-state index in [9.17, 15) is 4.79 Å². The van der Waals surface area contributed by atoms with Crippen molar-refractivity contribution in [3.63, 3.8) is 0 Å². The first-order valence-electron chi connectivity index (χ1n) is 8.13. The van der Waals surface area contributed by atoms with Crippen molar-refractivity contribution in [1.29, 1.82) is 0 Å². The number of carbonyl (C=O) groups excluding carboxylic acids is 1. The summed E-state index contributed by atoms with van der Waals surface area (Å²) in [5.74, 6) is 0.0452. The summed E-state index contributed by atoms with van der Waals surface area (Å²) in [6.45, 7) is 11.5. The molecule has 1 N–H and O–H groups in total. The number of piperazine rings is 1. The highest BCUT2D eigenvalue weighted by atomic mass is 32.1. The zero-order valence-electron chi connectivity index (χ0n) is 14.1. The summed E-state index contributed by atoms with van der Waals surface area (Å²) in [6, 6.07) is 4.33. The Morgan fingerprint density at radius 2 is 1.91 bits per heavy atom. The molecule has 0 spiro atoms. The van der Waals surface area contributed by atoms with Crippen molar-refractivity contribution >= 4 is 32.6 Å². The number of hydrogen-bond donors (Lipinski definition) is 1. The van der Waals surface area contributed by atoms with Gasteiger partial charge in [0.15, 0.2) is 5.13 Å². The number of nitrogens with zero attached hydrogens (tertiary/aromatic N) is 3. The molecule has 0 bridgehead atoms. The molecule has 3 rings (SSSR count). The topological polar surface area (TPSA) is 48.5 Å². The van der Waals surface area contributed by atoms with E-state index < -0.39 is 0 Å². The molecule has 1 aliphatic heterocycles. The Bertz CT molecular complexity index is 665. The van der Waals surface area contributed by atoms with Gasteiger partial charge in [-0.05, 0) is 25.0 Å². The van der Waals surface area contributed by atoms with E-state index in [4.69, 9.17) is 4.98 Å². The van der Waals surface area contributed by atoms with Crippen LogP contribution in [0.1, 0.15) is 18.1 Å². The molecule has 0 radical (unpaired) electrons. The Labute approximate surface area is 141 Å². The lowest BCUT2D eigenvalue weighted by Gasteiger charge is -2.34. The molecule has 2 aromatic rings. The number of aromatic nitrogens is 1. The summed E-state index contributed by atoms with van der Waals surface area (Å²) in [7, 11) is 0. The Morgan fingerprint density at radius 3 is 2.57 bits per heavy atom. The number of hydrogen-bond acceptors (Lipinski definition) is 5. The van der Waals surface area contributed by atoms with Crippen LogP contribution in [0.2, 0.25) is 0 Å². The molecule has 6 heteroatoms. The molecule has 0 unspecified atom stereocenters. The number of nitrogens with one attached hydrogen (secondary N) is 1. The van der Waals surface area contributed by atoms with E-state index >= 15 is 0 Å². The maximum absolute atomic E-state index is 10.9. The fourth-order valence-corrected chi connectivity index (χ4v) is 4.10. The molecule has 0 atom stereocenters. The van der Waals surface area contributed by atoms with E-state index in [1.54, 1.807) is 18.3 Å². The lowest BCUT2D eigenvalue weighted by Crippen LogP contribution is -2.48. The Hall–Kier alpha value is -1.66. The second-order valence-electron chi connectivity index (χ2n) is 6.19. The van der Waals surface area contributed by atoms with Gasteiger partial charge in [-0.15, -0.1) is 0 Å². The number of benzene rings is 1. The van der Waals surface area contributed by atoms with Crippen LogP contribution in [0.5, 0.6) is 0 Å². The monoisotopic (exact) mass is 332 g/mol. The van der Waals surface area contributed by atoms with E-state index in [0.29, 0.717) is 0 Å². The van der Waals surface area contributed by atoms with Gasteiger partial charge in [0.05, 0.1) is 10.2 Å². The Morgan fingerprint density at radius 1 is 1.22 bits per heavy atom. The number of rotatable bonds is 4. The maximum Gasteiger partial charge on any atom is 0.216 e. The molecule has 1 amide bonds. The van der Waals surface area contributed by atoms with Crippen molar-refractivity contribution in [2.75, 3.05) is 44.2 Å². The van der Waals surface area contributed by atoms with Crippen LogP contribution in [0, 0.1) is 13.8 Å². The molecule has 5 nitrogen and oxygen atoms in total. The average Bonchev–Trinajstić information content (AvgIpc) is 2.98. The number of anilines is 1. The predicted molar refractivity (Wildman–Crippen MR) is 96.4 cm³/mol. The molecule has 1 saturated heterocycles. The number of carbonyl (C=O) groups is 1. The fraction of sp³-hybridized carbons (Fsp3) is 0.529. The molecular formula is C17H24N4OS. The standard InChI is InChI=1S/C17H24N4OS/c1-12-4-5-13(2)16-15(12)19-17(23-16)21-10-8-20(9-11-21)7-6-18-14(3)22/h4-5H,6-11H2,1-3H3,(H,18,22). The Kier molecular flexibility index (Phi) is 4.82. The van der Waals surface area contributed by atoms with E-state index in [1.165, 1.54) is 15.8 Å². The summed E-state index contributed by atoms with van der Waals surface area (Å²) in [5.41, 5.74) is 3.71. The average molecular weight is 332 g/mol. The van der Waals surface area contributed by atoms with Crippen LogP contribution in [0.15, 0.2) is 12.1 Å². The fourth-order valence-electron chi connectivity index (χ4n) is 2.94. The molecule has 1 fully saturated rings. The van der Waals surface area contributed by atoms with Crippen LogP contribution in [0.4, 0.5) is 5.13 Å². The number of amides is 1. The molecule has 1 aliphatic rings. The second kappa shape index (κ2) is 6.84. The minimum absolute atomic E-state index is 0.0452. The smallest absolute Gasteiger partial charge is 0.216 e. The highest BCUT2D eigenvalue weighted by molar-refractivity contribution is 7.22. The quantitative estimate of drug-likeness (QED) is 0.932. The van der Waals surface area contributed by atoms with Gasteiger partial charge < -0.3 is 10.2 Å². The lowest BCUT2D eigenvalue weighted by atomic mass is 10.1. The van der Waals surface area contributed by atoms with Gasteiger partial charge in [-0.2, -0.15) is 0 Å². The summed E-state index contributed by atoms with van der Waals surface area (Å²) in [5, 5.41) is 4.00. The largest absolute Gasteiger partial charge is 0.355 e. The summed E-state index contributed by atoms with van der Waals surface area (Å²) in [6.07, 6.45) is 0. The van der Waals surface area contributed by atoms with Crippen molar-refractivity contribution in [1.82, 2.24) is 15.2 Å². The first-order valence-corrected chi connectivity index (χ1v) is 8.95. The summed E-state index contributed by atoms with van der Waals surface area (Å²) < 4.78 is 1.31. The van der Waals surface area contributed by atoms with Crippen LogP contribution < -0.4 is 10.2 Å². The predicted octanol–water partition coefficient (Wildman–Crippen LogP) is 2.17. The molecule has 23 heavy (non-hydrogen) atoms. The van der Waals surface area contributed by atoms with E-state index in [0.717, 1.165) is 49.9 Å². The van der Waals surface area contributed by atoms with Crippen molar-refractivity contribution in [3.05, 3.63) is 23.3 Å². The maximum atomic E-state index is 10.9. The second-order valence-corrected chi connectivity index (χ2v) is 7.16. The van der Waals surface area contributed by atoms with Gasteiger partial charge in [0.2, 0.25) is 5.91 Å². The zero-order valence-corrected chi connectivity index (χ0v) is 14.9. The summed E-state index contributed by atoms with van der Waals surface area (Å²) in [4.78, 5) is 20.6. The van der Waals surface area contributed by atoms with E-state index in [1.807, 2.05) is 0 Å². The van der Waals surface area contributed by atoms with Crippen molar-refractivity contribution in [2.45, 2.75) is 20.8 Å². The number of aryl methyl sites for hydroxylation is 2. The first-order chi connectivity index (χ1) is 11.0. The SMILES string of the molecule is CC(=O)NCCN1CCN(c2nc3c(C)ccc(C)c3s2)CC1. The lowest BCUT2D eigenvalue weighted by molar-refractivity contribution is -0.119. The zero-order chi connectivity index (χ0) is 16.4. The van der Waals surface area contributed by atoms with Crippen LogP contribution >= 0.6 is 11.3 Å². The molecule has 0 aliphatic carbocycles. The van der Waals surface area contributed by atoms with Crippen molar-refractivity contribution in [2.24, 2.45) is 0 Å². The molecule has 1 aromatic carbocycles.